The average Bonchev–Trinajstić information content (AvgIpc) is 2.70. The highest BCUT2D eigenvalue weighted by molar-refractivity contribution is 8.00. The van der Waals surface area contributed by atoms with Gasteiger partial charge < -0.3 is 10.3 Å². The van der Waals surface area contributed by atoms with Crippen LogP contribution < -0.4 is 5.73 Å². The summed E-state index contributed by atoms with van der Waals surface area (Å²) >= 11 is 4.87. The fraction of sp³-hybridized carbons (Fsp3) is 0.250. The van der Waals surface area contributed by atoms with Crippen LogP contribution in [0.2, 0.25) is 0 Å². The zero-order chi connectivity index (χ0) is 14.0. The van der Waals surface area contributed by atoms with Crippen molar-refractivity contribution in [3.8, 4) is 0 Å². The number of benzene rings is 1. The van der Waals surface area contributed by atoms with Gasteiger partial charge in [0.05, 0.1) is 0 Å². The van der Waals surface area contributed by atoms with E-state index >= 15 is 0 Å². The zero-order valence-corrected chi connectivity index (χ0v) is 11.4. The number of alkyl halides is 3. The Labute approximate surface area is 117 Å². The van der Waals surface area contributed by atoms with E-state index in [1.54, 1.807) is 22.9 Å². The van der Waals surface area contributed by atoms with Crippen LogP contribution in [0.4, 0.5) is 13.2 Å². The molecule has 0 saturated heterocycles. The number of halogens is 3. The van der Waals surface area contributed by atoms with E-state index in [1.807, 2.05) is 12.1 Å². The molecule has 0 aliphatic rings. The minimum atomic E-state index is -4.19. The quantitative estimate of drug-likeness (QED) is 0.877. The molecule has 7 heteroatoms. The average molecular weight is 304 g/mol. The fourth-order valence-electron chi connectivity index (χ4n) is 1.79. The largest absolute Gasteiger partial charge is 0.441 e. The number of aryl methyl sites for hydroxylation is 1. The van der Waals surface area contributed by atoms with Crippen molar-refractivity contribution in [2.75, 3.05) is 5.75 Å². The standard InChI is InChI=1S/C12H11F3N2S2/c13-12(14,15)19-6-5-17-4-3-8-1-2-9(11(16)18)7-10(8)17/h1-4,7H,5-6H2,(H2,16,18). The van der Waals surface area contributed by atoms with Gasteiger partial charge in [0.2, 0.25) is 0 Å². The van der Waals surface area contributed by atoms with Crippen molar-refractivity contribution >= 4 is 39.9 Å². The number of nitrogens with zero attached hydrogens (tertiary/aromatic N) is 1. The van der Waals surface area contributed by atoms with Crippen LogP contribution in [0.5, 0.6) is 0 Å². The molecule has 0 atom stereocenters. The minimum Gasteiger partial charge on any atom is -0.389 e. The highest BCUT2D eigenvalue weighted by Gasteiger charge is 2.27. The maximum Gasteiger partial charge on any atom is 0.441 e. The Morgan fingerprint density at radius 1 is 1.32 bits per heavy atom. The summed E-state index contributed by atoms with van der Waals surface area (Å²) in [7, 11) is 0. The molecule has 1 aromatic carbocycles. The number of nitrogens with two attached hydrogens (primary N) is 1. The molecule has 0 radical (unpaired) electrons. The van der Waals surface area contributed by atoms with Crippen molar-refractivity contribution in [1.29, 1.82) is 0 Å². The molecule has 2 aromatic rings. The lowest BCUT2D eigenvalue weighted by Gasteiger charge is -2.08. The molecule has 0 spiro atoms. The van der Waals surface area contributed by atoms with Gasteiger partial charge in [0.25, 0.3) is 0 Å². The van der Waals surface area contributed by atoms with Crippen molar-refractivity contribution in [3.63, 3.8) is 0 Å². The van der Waals surface area contributed by atoms with E-state index in [0.29, 0.717) is 5.56 Å². The van der Waals surface area contributed by atoms with Crippen LogP contribution in [0, 0.1) is 0 Å². The summed E-state index contributed by atoms with van der Waals surface area (Å²) in [5.41, 5.74) is 2.92. The van der Waals surface area contributed by atoms with Crippen LogP contribution in [0.15, 0.2) is 30.5 Å². The van der Waals surface area contributed by atoms with E-state index in [9.17, 15) is 13.2 Å². The predicted molar refractivity (Wildman–Crippen MR) is 76.3 cm³/mol. The topological polar surface area (TPSA) is 30.9 Å². The highest BCUT2D eigenvalue weighted by Crippen LogP contribution is 2.30. The number of rotatable bonds is 4. The van der Waals surface area contributed by atoms with Crippen LogP contribution in [0.1, 0.15) is 5.56 Å². The monoisotopic (exact) mass is 304 g/mol. The first kappa shape index (κ1) is 14.2. The lowest BCUT2D eigenvalue weighted by Crippen LogP contribution is -2.09. The Hall–Kier alpha value is -1.21. The minimum absolute atomic E-state index is 0.0204. The molecule has 102 valence electrons. The third-order valence-corrected chi connectivity index (χ3v) is 3.61. The maximum absolute atomic E-state index is 12.1. The molecule has 0 saturated carbocycles. The van der Waals surface area contributed by atoms with E-state index < -0.39 is 5.51 Å². The van der Waals surface area contributed by atoms with Crippen LogP contribution in [-0.4, -0.2) is 20.8 Å². The molecular weight excluding hydrogens is 293 g/mol. The van der Waals surface area contributed by atoms with Gasteiger partial charge in [-0.25, -0.2) is 0 Å². The van der Waals surface area contributed by atoms with Gasteiger partial charge in [-0.3, -0.25) is 0 Å². The van der Waals surface area contributed by atoms with Gasteiger partial charge >= 0.3 is 5.51 Å². The fourth-order valence-corrected chi connectivity index (χ4v) is 2.44. The molecule has 2 rings (SSSR count). The van der Waals surface area contributed by atoms with Gasteiger partial charge in [0, 0.05) is 29.6 Å². The van der Waals surface area contributed by atoms with Gasteiger partial charge in [-0.15, -0.1) is 0 Å². The Morgan fingerprint density at radius 2 is 2.05 bits per heavy atom. The van der Waals surface area contributed by atoms with Crippen molar-refractivity contribution in [1.82, 2.24) is 4.57 Å². The summed E-state index contributed by atoms with van der Waals surface area (Å²) < 4.78 is 38.0. The summed E-state index contributed by atoms with van der Waals surface area (Å²) in [6.45, 7) is 0.286. The number of hydrogen-bond acceptors (Lipinski definition) is 2. The Morgan fingerprint density at radius 3 is 2.68 bits per heavy atom. The molecule has 0 bridgehead atoms. The van der Waals surface area contributed by atoms with Crippen LogP contribution in [0.3, 0.4) is 0 Å². The lowest BCUT2D eigenvalue weighted by molar-refractivity contribution is -0.0328. The van der Waals surface area contributed by atoms with Crippen LogP contribution in [-0.2, 0) is 6.54 Å². The lowest BCUT2D eigenvalue weighted by atomic mass is 10.1. The summed E-state index contributed by atoms with van der Waals surface area (Å²) in [5, 5.41) is 0.956. The van der Waals surface area contributed by atoms with Crippen molar-refractivity contribution in [3.05, 3.63) is 36.0 Å². The number of hydrogen-bond donors (Lipinski definition) is 1. The maximum atomic E-state index is 12.1. The molecule has 0 aliphatic heterocycles. The first-order chi connectivity index (χ1) is 8.87. The molecule has 2 N–H and O–H groups in total. The SMILES string of the molecule is NC(=S)c1ccc2ccn(CCSC(F)(F)F)c2c1. The summed E-state index contributed by atoms with van der Waals surface area (Å²) in [4.78, 5) is 0.277. The molecule has 0 amide bonds. The Bertz CT molecular complexity index is 605. The van der Waals surface area contributed by atoms with E-state index in [0.717, 1.165) is 10.9 Å². The van der Waals surface area contributed by atoms with Gasteiger partial charge in [0.1, 0.15) is 4.99 Å². The summed E-state index contributed by atoms with van der Waals surface area (Å²) in [6, 6.07) is 7.32. The molecule has 1 heterocycles. The Kier molecular flexibility index (Phi) is 4.05. The molecule has 1 aromatic heterocycles. The molecule has 0 aliphatic carbocycles. The van der Waals surface area contributed by atoms with E-state index in [4.69, 9.17) is 18.0 Å². The molecular formula is C12H11F3N2S2. The summed E-state index contributed by atoms with van der Waals surface area (Å²) in [5.74, 6) is -0.0232. The van der Waals surface area contributed by atoms with Crippen molar-refractivity contribution < 1.29 is 13.2 Å². The van der Waals surface area contributed by atoms with Gasteiger partial charge in [-0.05, 0) is 29.3 Å². The number of thioether (sulfide) groups is 1. The zero-order valence-electron chi connectivity index (χ0n) is 9.78. The smallest absolute Gasteiger partial charge is 0.389 e. The number of thiocarbonyl (C=S) groups is 1. The number of aromatic nitrogens is 1. The molecule has 0 fully saturated rings. The van der Waals surface area contributed by atoms with Crippen LogP contribution >= 0.6 is 24.0 Å². The van der Waals surface area contributed by atoms with Gasteiger partial charge in [0.15, 0.2) is 0 Å². The van der Waals surface area contributed by atoms with Crippen LogP contribution in [0.25, 0.3) is 10.9 Å². The van der Waals surface area contributed by atoms with Crippen molar-refractivity contribution in [2.45, 2.75) is 12.1 Å². The van der Waals surface area contributed by atoms with Gasteiger partial charge in [-0.2, -0.15) is 13.2 Å². The first-order valence-corrected chi connectivity index (χ1v) is 6.85. The normalized spacial score (nSPS) is 11.9. The third-order valence-electron chi connectivity index (χ3n) is 2.66. The second kappa shape index (κ2) is 5.42. The number of fused-ring (bicyclic) bond motifs is 1. The predicted octanol–water partition coefficient (Wildman–Crippen LogP) is 3.53. The highest BCUT2D eigenvalue weighted by atomic mass is 32.2. The van der Waals surface area contributed by atoms with E-state index in [1.165, 1.54) is 0 Å². The van der Waals surface area contributed by atoms with E-state index in [2.05, 4.69) is 0 Å². The third kappa shape index (κ3) is 3.63. The Balaban J connectivity index is 2.19. The molecule has 2 nitrogen and oxygen atoms in total. The molecule has 0 unspecified atom stereocenters. The first-order valence-electron chi connectivity index (χ1n) is 5.46. The summed E-state index contributed by atoms with van der Waals surface area (Å²) in [6.07, 6.45) is 1.77. The second-order valence-electron chi connectivity index (χ2n) is 3.94. The molecule has 19 heavy (non-hydrogen) atoms. The van der Waals surface area contributed by atoms with E-state index in [-0.39, 0.29) is 29.0 Å². The van der Waals surface area contributed by atoms with Crippen molar-refractivity contribution in [2.24, 2.45) is 5.73 Å². The second-order valence-corrected chi connectivity index (χ2v) is 5.54. The van der Waals surface area contributed by atoms with Gasteiger partial charge in [-0.1, -0.05) is 24.4 Å².